The van der Waals surface area contributed by atoms with Gasteiger partial charge < -0.3 is 14.7 Å². The van der Waals surface area contributed by atoms with Crippen molar-refractivity contribution < 1.29 is 19.4 Å². The van der Waals surface area contributed by atoms with Crippen LogP contribution in [0.5, 0.6) is 5.75 Å². The van der Waals surface area contributed by atoms with Crippen LogP contribution in [0.15, 0.2) is 30.3 Å². The number of carboxylic acid groups (broad SMARTS) is 1. The predicted molar refractivity (Wildman–Crippen MR) is 95.3 cm³/mol. The Morgan fingerprint density at radius 1 is 1.12 bits per heavy atom. The average molecular weight is 343 g/mol. The molecule has 0 atom stereocenters. The number of aliphatic carboxylic acids is 1. The first kappa shape index (κ1) is 17.5. The largest absolute Gasteiger partial charge is 0.490 e. The van der Waals surface area contributed by atoms with Crippen LogP contribution in [-0.4, -0.2) is 41.1 Å². The molecular weight excluding hydrogens is 318 g/mol. The molecule has 1 aromatic carbocycles. The van der Waals surface area contributed by atoms with Gasteiger partial charge in [-0.15, -0.1) is 0 Å². The second-order valence-electron chi connectivity index (χ2n) is 6.87. The van der Waals surface area contributed by atoms with E-state index in [4.69, 9.17) is 9.84 Å². The Balaban J connectivity index is 1.54. The molecule has 5 heteroatoms. The Labute approximate surface area is 148 Å². The third kappa shape index (κ3) is 4.84. The number of benzene rings is 1. The number of amides is 1. The van der Waals surface area contributed by atoms with Gasteiger partial charge in [-0.3, -0.25) is 9.59 Å². The topological polar surface area (TPSA) is 66.8 Å². The summed E-state index contributed by atoms with van der Waals surface area (Å²) in [6.45, 7) is 1.01. The monoisotopic (exact) mass is 343 g/mol. The first-order chi connectivity index (χ1) is 12.1. The van der Waals surface area contributed by atoms with E-state index in [0.29, 0.717) is 32.0 Å². The molecule has 0 spiro atoms. The molecule has 1 amide bonds. The van der Waals surface area contributed by atoms with Gasteiger partial charge in [0.15, 0.2) is 0 Å². The number of ether oxygens (including phenoxy) is 1. The highest BCUT2D eigenvalue weighted by atomic mass is 16.5. The Morgan fingerprint density at radius 3 is 2.52 bits per heavy atom. The summed E-state index contributed by atoms with van der Waals surface area (Å²) in [5, 5.41) is 9.01. The zero-order valence-electron chi connectivity index (χ0n) is 14.4. The lowest BCUT2D eigenvalue weighted by atomic mass is 9.97. The quantitative estimate of drug-likeness (QED) is 0.833. The summed E-state index contributed by atoms with van der Waals surface area (Å²) in [6.07, 6.45) is 9.43. The second kappa shape index (κ2) is 8.19. The molecule has 0 aromatic heterocycles. The first-order valence-corrected chi connectivity index (χ1v) is 9.08. The maximum absolute atomic E-state index is 12.3. The normalized spacial score (nSPS) is 19.4. The highest BCUT2D eigenvalue weighted by Crippen LogP contribution is 2.25. The van der Waals surface area contributed by atoms with Crippen LogP contribution in [0.2, 0.25) is 0 Å². The van der Waals surface area contributed by atoms with E-state index in [1.807, 2.05) is 24.3 Å². The Hall–Kier alpha value is -2.30. The SMILES string of the molecule is O=C(O)C1CCN(C(=O)C=Cc2cccc(OC3CCCC3)c2)CC1. The fraction of sp³-hybridized carbons (Fsp3) is 0.500. The van der Waals surface area contributed by atoms with Gasteiger partial charge in [0.2, 0.25) is 5.91 Å². The van der Waals surface area contributed by atoms with E-state index in [-0.39, 0.29) is 11.8 Å². The number of piperidine rings is 1. The van der Waals surface area contributed by atoms with Gasteiger partial charge in [0.1, 0.15) is 5.75 Å². The summed E-state index contributed by atoms with van der Waals surface area (Å²) in [5.41, 5.74) is 0.935. The minimum Gasteiger partial charge on any atom is -0.490 e. The molecule has 3 rings (SSSR count). The lowest BCUT2D eigenvalue weighted by Crippen LogP contribution is -2.39. The number of nitrogens with zero attached hydrogens (tertiary/aromatic N) is 1. The zero-order chi connectivity index (χ0) is 17.6. The minimum absolute atomic E-state index is 0.0639. The minimum atomic E-state index is -0.762. The number of rotatable bonds is 5. The van der Waals surface area contributed by atoms with Crippen LogP contribution in [-0.2, 0) is 9.59 Å². The molecule has 134 valence electrons. The molecule has 0 bridgehead atoms. The molecule has 1 N–H and O–H groups in total. The molecule has 0 unspecified atom stereocenters. The van der Waals surface area contributed by atoms with Crippen LogP contribution in [0, 0.1) is 5.92 Å². The van der Waals surface area contributed by atoms with Gasteiger partial charge in [0.05, 0.1) is 12.0 Å². The second-order valence-corrected chi connectivity index (χ2v) is 6.87. The van der Waals surface area contributed by atoms with E-state index in [1.165, 1.54) is 12.8 Å². The van der Waals surface area contributed by atoms with E-state index in [1.54, 1.807) is 17.1 Å². The number of hydrogen-bond donors (Lipinski definition) is 1. The van der Waals surface area contributed by atoms with Crippen molar-refractivity contribution in [1.29, 1.82) is 0 Å². The van der Waals surface area contributed by atoms with Crippen molar-refractivity contribution in [3.8, 4) is 5.75 Å². The fourth-order valence-corrected chi connectivity index (χ4v) is 3.51. The highest BCUT2D eigenvalue weighted by Gasteiger charge is 2.26. The standard InChI is InChI=1S/C20H25NO4/c22-19(21-12-10-16(11-13-21)20(23)24)9-8-15-4-3-7-18(14-15)25-17-5-1-2-6-17/h3-4,7-9,14,16-17H,1-2,5-6,10-13H2,(H,23,24). The third-order valence-corrected chi connectivity index (χ3v) is 5.04. The van der Waals surface area contributed by atoms with Crippen LogP contribution >= 0.6 is 0 Å². The van der Waals surface area contributed by atoms with E-state index >= 15 is 0 Å². The summed E-state index contributed by atoms with van der Waals surface area (Å²) < 4.78 is 5.99. The number of carbonyl (C=O) groups excluding carboxylic acids is 1. The summed E-state index contributed by atoms with van der Waals surface area (Å²) in [4.78, 5) is 25.0. The molecule has 1 saturated heterocycles. The molecule has 2 fully saturated rings. The van der Waals surface area contributed by atoms with Crippen molar-refractivity contribution >= 4 is 18.0 Å². The fourth-order valence-electron chi connectivity index (χ4n) is 3.51. The van der Waals surface area contributed by atoms with Crippen LogP contribution in [0.4, 0.5) is 0 Å². The number of hydrogen-bond acceptors (Lipinski definition) is 3. The van der Waals surface area contributed by atoms with Crippen molar-refractivity contribution in [2.45, 2.75) is 44.6 Å². The summed E-state index contributed by atoms with van der Waals surface area (Å²) in [5.74, 6) is -0.297. The molecular formula is C20H25NO4. The molecule has 1 aliphatic carbocycles. The Bertz CT molecular complexity index is 641. The van der Waals surface area contributed by atoms with E-state index < -0.39 is 5.97 Å². The predicted octanol–water partition coefficient (Wildman–Crippen LogP) is 3.34. The van der Waals surface area contributed by atoms with Crippen molar-refractivity contribution in [2.24, 2.45) is 5.92 Å². The number of likely N-dealkylation sites (tertiary alicyclic amines) is 1. The van der Waals surface area contributed by atoms with E-state index in [0.717, 1.165) is 24.2 Å². The van der Waals surface area contributed by atoms with E-state index in [9.17, 15) is 9.59 Å². The van der Waals surface area contributed by atoms with Crippen LogP contribution in [0.3, 0.4) is 0 Å². The molecule has 0 radical (unpaired) electrons. The maximum Gasteiger partial charge on any atom is 0.306 e. The number of carbonyl (C=O) groups is 2. The van der Waals surface area contributed by atoms with Gasteiger partial charge in [0, 0.05) is 19.2 Å². The van der Waals surface area contributed by atoms with Gasteiger partial charge >= 0.3 is 5.97 Å². The Morgan fingerprint density at radius 2 is 1.84 bits per heavy atom. The lowest BCUT2D eigenvalue weighted by molar-refractivity contribution is -0.144. The van der Waals surface area contributed by atoms with Crippen LogP contribution < -0.4 is 4.74 Å². The molecule has 2 aliphatic rings. The molecule has 25 heavy (non-hydrogen) atoms. The van der Waals surface area contributed by atoms with Gasteiger partial charge in [-0.1, -0.05) is 12.1 Å². The van der Waals surface area contributed by atoms with Crippen molar-refractivity contribution in [2.75, 3.05) is 13.1 Å². The maximum atomic E-state index is 12.3. The van der Waals surface area contributed by atoms with Gasteiger partial charge in [-0.05, 0) is 62.3 Å². The zero-order valence-corrected chi connectivity index (χ0v) is 14.4. The third-order valence-electron chi connectivity index (χ3n) is 5.04. The summed E-state index contributed by atoms with van der Waals surface area (Å²) in [7, 11) is 0. The molecule has 1 aliphatic heterocycles. The molecule has 1 saturated carbocycles. The smallest absolute Gasteiger partial charge is 0.306 e. The Kier molecular flexibility index (Phi) is 5.74. The highest BCUT2D eigenvalue weighted by molar-refractivity contribution is 5.92. The van der Waals surface area contributed by atoms with Crippen LogP contribution in [0.1, 0.15) is 44.1 Å². The molecule has 1 heterocycles. The summed E-state index contributed by atoms with van der Waals surface area (Å²) >= 11 is 0. The molecule has 1 aromatic rings. The van der Waals surface area contributed by atoms with Gasteiger partial charge in [0.25, 0.3) is 0 Å². The van der Waals surface area contributed by atoms with Crippen molar-refractivity contribution in [3.63, 3.8) is 0 Å². The average Bonchev–Trinajstić information content (AvgIpc) is 3.13. The van der Waals surface area contributed by atoms with Gasteiger partial charge in [-0.25, -0.2) is 0 Å². The van der Waals surface area contributed by atoms with E-state index in [2.05, 4.69) is 0 Å². The number of carboxylic acids is 1. The first-order valence-electron chi connectivity index (χ1n) is 9.08. The van der Waals surface area contributed by atoms with Gasteiger partial charge in [-0.2, -0.15) is 0 Å². The summed E-state index contributed by atoms with van der Waals surface area (Å²) in [6, 6.07) is 7.79. The molecule has 5 nitrogen and oxygen atoms in total. The van der Waals surface area contributed by atoms with Crippen molar-refractivity contribution in [3.05, 3.63) is 35.9 Å². The lowest BCUT2D eigenvalue weighted by Gasteiger charge is -2.29. The van der Waals surface area contributed by atoms with Crippen LogP contribution in [0.25, 0.3) is 6.08 Å². The van der Waals surface area contributed by atoms with Crippen molar-refractivity contribution in [1.82, 2.24) is 4.90 Å².